The van der Waals surface area contributed by atoms with Gasteiger partial charge in [-0.3, -0.25) is 0 Å². The quantitative estimate of drug-likeness (QED) is 0.267. The maximum Gasteiger partial charge on any atom is 0.145 e. The van der Waals surface area contributed by atoms with Crippen LogP contribution in [0.3, 0.4) is 0 Å². The molecule has 3 aromatic carbocycles. The highest BCUT2D eigenvalue weighted by atomic mass is 35.5. The summed E-state index contributed by atoms with van der Waals surface area (Å²) in [7, 11) is 0. The molecule has 0 spiro atoms. The summed E-state index contributed by atoms with van der Waals surface area (Å²) in [5, 5.41) is -0.428. The number of halogens is 3. The monoisotopic (exact) mass is 480 g/mol. The van der Waals surface area contributed by atoms with Crippen LogP contribution in [0.2, 0.25) is 5.02 Å². The fourth-order valence-electron chi connectivity index (χ4n) is 5.31. The van der Waals surface area contributed by atoms with E-state index in [4.69, 9.17) is 11.6 Å². The summed E-state index contributed by atoms with van der Waals surface area (Å²) in [6, 6.07) is 20.7. The molecular weight excluding hydrogens is 446 g/mol. The van der Waals surface area contributed by atoms with E-state index in [9.17, 15) is 8.78 Å². The van der Waals surface area contributed by atoms with Gasteiger partial charge in [0.2, 0.25) is 0 Å². The maximum atomic E-state index is 13.6. The second-order valence-corrected chi connectivity index (χ2v) is 10.3. The Labute approximate surface area is 208 Å². The lowest BCUT2D eigenvalue weighted by Gasteiger charge is -2.29. The first kappa shape index (κ1) is 24.9. The molecule has 0 heterocycles. The fourth-order valence-corrected chi connectivity index (χ4v) is 5.42. The van der Waals surface area contributed by atoms with Crippen LogP contribution in [-0.2, 0) is 25.7 Å². The van der Waals surface area contributed by atoms with E-state index in [1.54, 1.807) is 0 Å². The number of hydrogen-bond donors (Lipinski definition) is 0. The molecule has 180 valence electrons. The third kappa shape index (κ3) is 6.69. The zero-order valence-electron chi connectivity index (χ0n) is 20.1. The summed E-state index contributed by atoms with van der Waals surface area (Å²) in [4.78, 5) is 0. The van der Waals surface area contributed by atoms with Crippen LogP contribution in [0.5, 0.6) is 0 Å². The minimum Gasteiger partial charge on any atom is -0.205 e. The van der Waals surface area contributed by atoms with E-state index >= 15 is 0 Å². The molecule has 0 saturated heterocycles. The van der Waals surface area contributed by atoms with Crippen LogP contribution in [0.15, 0.2) is 60.7 Å². The van der Waals surface area contributed by atoms with Crippen molar-refractivity contribution in [3.63, 3.8) is 0 Å². The van der Waals surface area contributed by atoms with Crippen molar-refractivity contribution in [3.8, 4) is 0 Å². The van der Waals surface area contributed by atoms with Gasteiger partial charge in [0.1, 0.15) is 16.7 Å². The zero-order chi connectivity index (χ0) is 23.9. The number of aryl methyl sites for hydroxylation is 4. The van der Waals surface area contributed by atoms with Gasteiger partial charge in [0.25, 0.3) is 0 Å². The molecule has 1 aliphatic carbocycles. The van der Waals surface area contributed by atoms with Crippen molar-refractivity contribution in [1.29, 1.82) is 0 Å². The van der Waals surface area contributed by atoms with E-state index in [-0.39, 0.29) is 0 Å². The van der Waals surface area contributed by atoms with E-state index in [1.807, 2.05) is 0 Å². The normalized spacial score (nSPS) is 18.2. The van der Waals surface area contributed by atoms with Crippen molar-refractivity contribution < 1.29 is 8.78 Å². The molecule has 0 bridgehead atoms. The summed E-state index contributed by atoms with van der Waals surface area (Å²) in [5.74, 6) is 0.177. The van der Waals surface area contributed by atoms with Gasteiger partial charge in [-0.15, -0.1) is 0 Å². The Morgan fingerprint density at radius 2 is 1.18 bits per heavy atom. The Bertz CT molecular complexity index is 1020. The lowest BCUT2D eigenvalue weighted by Crippen LogP contribution is -2.14. The van der Waals surface area contributed by atoms with E-state index in [0.29, 0.717) is 12.0 Å². The Morgan fingerprint density at radius 3 is 1.76 bits per heavy atom. The largest absolute Gasteiger partial charge is 0.205 e. The molecule has 0 radical (unpaired) electrons. The van der Waals surface area contributed by atoms with Gasteiger partial charge in [-0.25, -0.2) is 8.78 Å². The van der Waals surface area contributed by atoms with Gasteiger partial charge in [0, 0.05) is 0 Å². The van der Waals surface area contributed by atoms with E-state index in [1.165, 1.54) is 79.3 Å². The third-order valence-corrected chi connectivity index (χ3v) is 7.81. The van der Waals surface area contributed by atoms with Crippen LogP contribution >= 0.6 is 11.6 Å². The molecule has 3 aromatic rings. The van der Waals surface area contributed by atoms with Gasteiger partial charge in [-0.2, -0.15) is 0 Å². The summed E-state index contributed by atoms with van der Waals surface area (Å²) >= 11 is 5.57. The summed E-state index contributed by atoms with van der Waals surface area (Å²) < 4.78 is 27.3. The molecular formula is C31H35ClF2. The van der Waals surface area contributed by atoms with E-state index in [2.05, 4.69) is 55.5 Å². The van der Waals surface area contributed by atoms with Crippen LogP contribution < -0.4 is 0 Å². The van der Waals surface area contributed by atoms with Crippen molar-refractivity contribution in [1.82, 2.24) is 0 Å². The minimum absolute atomic E-state index is 0.428. The summed E-state index contributed by atoms with van der Waals surface area (Å²) in [6.45, 7) is 2.24. The van der Waals surface area contributed by atoms with Crippen LogP contribution in [0.1, 0.15) is 79.2 Å². The van der Waals surface area contributed by atoms with E-state index < -0.39 is 16.7 Å². The fraction of sp³-hybridized carbons (Fsp3) is 0.419. The highest BCUT2D eigenvalue weighted by molar-refractivity contribution is 6.30. The minimum atomic E-state index is -0.689. The molecule has 1 saturated carbocycles. The first-order valence-corrected chi connectivity index (χ1v) is 13.2. The molecule has 3 heteroatoms. The van der Waals surface area contributed by atoms with Gasteiger partial charge in [0.15, 0.2) is 0 Å². The summed E-state index contributed by atoms with van der Waals surface area (Å²) in [6.07, 6.45) is 11.4. The molecule has 0 amide bonds. The molecule has 4 rings (SSSR count). The van der Waals surface area contributed by atoms with E-state index in [0.717, 1.165) is 24.7 Å². The Kier molecular flexibility index (Phi) is 8.78. The molecule has 34 heavy (non-hydrogen) atoms. The topological polar surface area (TPSA) is 0 Å². The number of hydrogen-bond acceptors (Lipinski definition) is 0. The second-order valence-electron chi connectivity index (χ2n) is 9.94. The Hall–Kier alpha value is -2.19. The standard InChI is InChI=1S/C31H35ClF2/c1-2-3-22-12-16-27(17-13-22)28-18-14-25(15-19-28)9-8-23-4-6-24(7-5-23)10-11-26-20-29(33)31(32)30(34)21-26/h4-7,12-13,16-17,20-21,25,28H,2-3,8-11,14-15,18-19H2,1H3/t25-,28-. The highest BCUT2D eigenvalue weighted by Crippen LogP contribution is 2.37. The molecule has 0 nitrogen and oxygen atoms in total. The van der Waals surface area contributed by atoms with Crippen molar-refractivity contribution in [3.05, 3.63) is 105 Å². The van der Waals surface area contributed by atoms with Crippen LogP contribution in [-0.4, -0.2) is 0 Å². The van der Waals surface area contributed by atoms with Crippen LogP contribution in [0.25, 0.3) is 0 Å². The smallest absolute Gasteiger partial charge is 0.145 e. The maximum absolute atomic E-state index is 13.6. The zero-order valence-corrected chi connectivity index (χ0v) is 20.9. The van der Waals surface area contributed by atoms with Crippen molar-refractivity contribution in [2.24, 2.45) is 5.92 Å². The van der Waals surface area contributed by atoms with Gasteiger partial charge >= 0.3 is 0 Å². The lowest BCUT2D eigenvalue weighted by atomic mass is 9.77. The molecule has 0 N–H and O–H groups in total. The molecule has 0 atom stereocenters. The van der Waals surface area contributed by atoms with Crippen molar-refractivity contribution in [2.75, 3.05) is 0 Å². The third-order valence-electron chi connectivity index (χ3n) is 7.45. The van der Waals surface area contributed by atoms with Gasteiger partial charge in [-0.1, -0.05) is 73.5 Å². The molecule has 1 aliphatic rings. The van der Waals surface area contributed by atoms with Gasteiger partial charge in [0.05, 0.1) is 0 Å². The van der Waals surface area contributed by atoms with Gasteiger partial charge < -0.3 is 0 Å². The predicted molar refractivity (Wildman–Crippen MR) is 139 cm³/mol. The SMILES string of the molecule is CCCc1ccc([C@H]2CC[C@H](CCc3ccc(CCc4cc(F)c(Cl)c(F)c4)cc3)CC2)cc1. The van der Waals surface area contributed by atoms with Crippen molar-refractivity contribution in [2.45, 2.75) is 77.0 Å². The first-order valence-electron chi connectivity index (χ1n) is 12.8. The lowest BCUT2D eigenvalue weighted by molar-refractivity contribution is 0.310. The number of benzene rings is 3. The molecule has 0 aliphatic heterocycles. The van der Waals surface area contributed by atoms with Gasteiger partial charge in [-0.05, 0) is 110 Å². The van der Waals surface area contributed by atoms with Crippen LogP contribution in [0.4, 0.5) is 8.78 Å². The van der Waals surface area contributed by atoms with Crippen molar-refractivity contribution >= 4 is 11.6 Å². The predicted octanol–water partition coefficient (Wildman–Crippen LogP) is 9.26. The number of rotatable bonds is 9. The Balaban J connectivity index is 1.20. The molecule has 0 unspecified atom stereocenters. The highest BCUT2D eigenvalue weighted by Gasteiger charge is 2.22. The van der Waals surface area contributed by atoms with Crippen LogP contribution in [0, 0.1) is 17.6 Å². The average molecular weight is 481 g/mol. The summed E-state index contributed by atoms with van der Waals surface area (Å²) in [5.41, 5.74) is 6.18. The molecule has 0 aromatic heterocycles. The first-order chi connectivity index (χ1) is 16.5. The second kappa shape index (κ2) is 12.0. The molecule has 1 fully saturated rings. The Morgan fingerprint density at radius 1 is 0.676 bits per heavy atom. The average Bonchev–Trinajstić information content (AvgIpc) is 2.86.